The minimum Gasteiger partial charge on any atom is -0.488 e. The van der Waals surface area contributed by atoms with E-state index >= 15 is 0 Å². The van der Waals surface area contributed by atoms with Crippen LogP contribution in [0.5, 0.6) is 5.75 Å². The van der Waals surface area contributed by atoms with Crippen molar-refractivity contribution in [3.8, 4) is 5.75 Å². The lowest BCUT2D eigenvalue weighted by Crippen LogP contribution is -2.19. The number of rotatable bonds is 6. The van der Waals surface area contributed by atoms with Crippen molar-refractivity contribution in [3.63, 3.8) is 0 Å². The molecule has 0 aliphatic heterocycles. The maximum atomic E-state index is 12.2. The molecule has 4 rings (SSSR count). The minimum atomic E-state index is -3.59. The van der Waals surface area contributed by atoms with E-state index in [1.54, 1.807) is 12.1 Å². The van der Waals surface area contributed by atoms with Crippen LogP contribution in [-0.2, 0) is 10.0 Å². The number of nitrogens with one attached hydrogen (secondary N) is 3. The fraction of sp³-hybridized carbons (Fsp3) is 0.353. The smallest absolute Gasteiger partial charge is 0.240 e. The predicted octanol–water partition coefficient (Wildman–Crippen LogP) is 2.33. The Morgan fingerprint density at radius 2 is 2.00 bits per heavy atom. The maximum absolute atomic E-state index is 12.2. The van der Waals surface area contributed by atoms with E-state index in [1.165, 1.54) is 25.8 Å². The van der Waals surface area contributed by atoms with Crippen LogP contribution >= 0.6 is 0 Å². The zero-order valence-electron chi connectivity index (χ0n) is 14.8. The average molecular weight is 388 g/mol. The van der Waals surface area contributed by atoms with Crippen LogP contribution in [0.3, 0.4) is 0 Å². The van der Waals surface area contributed by atoms with Gasteiger partial charge in [0, 0.05) is 0 Å². The summed E-state index contributed by atoms with van der Waals surface area (Å²) in [5, 5.41) is 3.17. The molecule has 0 radical (unpaired) electrons. The van der Waals surface area contributed by atoms with Crippen LogP contribution in [0.2, 0.25) is 0 Å². The molecule has 0 atom stereocenters. The summed E-state index contributed by atoms with van der Waals surface area (Å²) in [4.78, 5) is 15.6. The molecule has 2 heterocycles. The standard InChI is InChI=1S/C17H20N6O3S/c1-18-27(24,25)12-6-7-14(26-11-4-2-3-5-11)13(8-12)23-17-15-16(20-9-19-15)21-10-22-17/h6-11,18H,2-5H2,1H3,(H2,19,20,21,22,23). The highest BCUT2D eigenvalue weighted by Gasteiger charge is 2.21. The minimum absolute atomic E-state index is 0.134. The van der Waals surface area contributed by atoms with Crippen molar-refractivity contribution >= 4 is 32.7 Å². The summed E-state index contributed by atoms with van der Waals surface area (Å²) in [5.41, 5.74) is 1.67. The fourth-order valence-electron chi connectivity index (χ4n) is 3.17. The van der Waals surface area contributed by atoms with Gasteiger partial charge in [0.25, 0.3) is 0 Å². The number of imidazole rings is 1. The second-order valence-corrected chi connectivity index (χ2v) is 8.22. The van der Waals surface area contributed by atoms with Gasteiger partial charge in [-0.1, -0.05) is 0 Å². The van der Waals surface area contributed by atoms with Crippen molar-refractivity contribution in [2.24, 2.45) is 0 Å². The first kappa shape index (κ1) is 17.7. The Balaban J connectivity index is 1.74. The van der Waals surface area contributed by atoms with Crippen LogP contribution in [0, 0.1) is 0 Å². The van der Waals surface area contributed by atoms with Crippen LogP contribution in [0.1, 0.15) is 25.7 Å². The van der Waals surface area contributed by atoms with Crippen molar-refractivity contribution in [2.45, 2.75) is 36.7 Å². The van der Waals surface area contributed by atoms with Crippen molar-refractivity contribution in [2.75, 3.05) is 12.4 Å². The molecule has 1 saturated carbocycles. The van der Waals surface area contributed by atoms with E-state index in [4.69, 9.17) is 4.74 Å². The zero-order valence-corrected chi connectivity index (χ0v) is 15.6. The van der Waals surface area contributed by atoms with Gasteiger partial charge in [-0.3, -0.25) is 0 Å². The highest BCUT2D eigenvalue weighted by atomic mass is 32.2. The Bertz CT molecular complexity index is 1060. The lowest BCUT2D eigenvalue weighted by atomic mass is 10.2. The first-order valence-corrected chi connectivity index (χ1v) is 10.2. The van der Waals surface area contributed by atoms with Gasteiger partial charge in [-0.05, 0) is 50.9 Å². The van der Waals surface area contributed by atoms with Gasteiger partial charge in [0.2, 0.25) is 10.0 Å². The summed E-state index contributed by atoms with van der Waals surface area (Å²) in [6, 6.07) is 4.75. The van der Waals surface area contributed by atoms with Gasteiger partial charge >= 0.3 is 0 Å². The van der Waals surface area contributed by atoms with Gasteiger partial charge in [0.05, 0.1) is 23.0 Å². The molecule has 3 aromatic rings. The third kappa shape index (κ3) is 3.58. The number of benzene rings is 1. The number of aromatic amines is 1. The zero-order chi connectivity index (χ0) is 18.9. The van der Waals surface area contributed by atoms with Gasteiger partial charge in [-0.15, -0.1) is 0 Å². The van der Waals surface area contributed by atoms with E-state index in [0.717, 1.165) is 25.7 Å². The predicted molar refractivity (Wildman–Crippen MR) is 101 cm³/mol. The largest absolute Gasteiger partial charge is 0.488 e. The lowest BCUT2D eigenvalue weighted by Gasteiger charge is -2.18. The van der Waals surface area contributed by atoms with E-state index in [2.05, 4.69) is 30.0 Å². The Kier molecular flexibility index (Phi) is 4.66. The van der Waals surface area contributed by atoms with E-state index < -0.39 is 10.0 Å². The summed E-state index contributed by atoms with van der Waals surface area (Å²) in [7, 11) is -2.21. The molecule has 2 aromatic heterocycles. The normalized spacial score (nSPS) is 15.3. The topological polar surface area (TPSA) is 122 Å². The van der Waals surface area contributed by atoms with E-state index in [-0.39, 0.29) is 11.0 Å². The molecule has 1 aliphatic rings. The third-order valence-corrected chi connectivity index (χ3v) is 6.01. The third-order valence-electron chi connectivity index (χ3n) is 4.60. The number of aromatic nitrogens is 4. The van der Waals surface area contributed by atoms with Crippen LogP contribution in [-0.4, -0.2) is 41.5 Å². The molecule has 3 N–H and O–H groups in total. The quantitative estimate of drug-likeness (QED) is 0.592. The summed E-state index contributed by atoms with van der Waals surface area (Å²) >= 11 is 0. The Morgan fingerprint density at radius 1 is 1.19 bits per heavy atom. The number of sulfonamides is 1. The van der Waals surface area contributed by atoms with Gasteiger partial charge in [-0.25, -0.2) is 28.1 Å². The number of nitrogens with zero attached hydrogens (tertiary/aromatic N) is 3. The summed E-state index contributed by atoms with van der Waals surface area (Å²) in [6.45, 7) is 0. The molecule has 0 amide bonds. The number of ether oxygens (including phenoxy) is 1. The molecule has 10 heteroatoms. The average Bonchev–Trinajstić information content (AvgIpc) is 3.35. The monoisotopic (exact) mass is 388 g/mol. The number of fused-ring (bicyclic) bond motifs is 1. The van der Waals surface area contributed by atoms with Crippen LogP contribution in [0.15, 0.2) is 35.7 Å². The second-order valence-electron chi connectivity index (χ2n) is 6.34. The number of hydrogen-bond donors (Lipinski definition) is 3. The fourth-order valence-corrected chi connectivity index (χ4v) is 3.92. The molecule has 1 fully saturated rings. The number of H-pyrrole nitrogens is 1. The molecule has 0 bridgehead atoms. The Hall–Kier alpha value is -2.72. The highest BCUT2D eigenvalue weighted by molar-refractivity contribution is 7.89. The molecule has 1 aliphatic carbocycles. The van der Waals surface area contributed by atoms with E-state index in [9.17, 15) is 8.42 Å². The first-order valence-electron chi connectivity index (χ1n) is 8.72. The summed E-state index contributed by atoms with van der Waals surface area (Å²) < 4.78 is 32.9. The molecule has 142 valence electrons. The molecule has 0 spiro atoms. The molecule has 0 unspecified atom stereocenters. The molecule has 27 heavy (non-hydrogen) atoms. The second kappa shape index (κ2) is 7.12. The SMILES string of the molecule is CNS(=O)(=O)c1ccc(OC2CCCC2)c(Nc2ncnc3nc[nH]c23)c1. The van der Waals surface area contributed by atoms with Crippen LogP contribution in [0.4, 0.5) is 11.5 Å². The Morgan fingerprint density at radius 3 is 2.78 bits per heavy atom. The van der Waals surface area contributed by atoms with Gasteiger partial charge < -0.3 is 15.0 Å². The molecule has 1 aromatic carbocycles. The Labute approximate surface area is 156 Å². The van der Waals surface area contributed by atoms with Crippen molar-refractivity contribution < 1.29 is 13.2 Å². The molecule has 0 saturated heterocycles. The number of anilines is 2. The molecule has 9 nitrogen and oxygen atoms in total. The van der Waals surface area contributed by atoms with E-state index in [1.807, 2.05) is 0 Å². The maximum Gasteiger partial charge on any atom is 0.240 e. The number of hydrogen-bond acceptors (Lipinski definition) is 7. The summed E-state index contributed by atoms with van der Waals surface area (Å²) in [6.07, 6.45) is 7.33. The van der Waals surface area contributed by atoms with Gasteiger partial charge in [0.15, 0.2) is 11.5 Å². The van der Waals surface area contributed by atoms with E-state index in [0.29, 0.717) is 28.4 Å². The van der Waals surface area contributed by atoms with Crippen molar-refractivity contribution in [1.29, 1.82) is 0 Å². The first-order chi connectivity index (χ1) is 13.1. The summed E-state index contributed by atoms with van der Waals surface area (Å²) in [5.74, 6) is 1.08. The van der Waals surface area contributed by atoms with Gasteiger partial charge in [-0.2, -0.15) is 0 Å². The lowest BCUT2D eigenvalue weighted by molar-refractivity contribution is 0.211. The van der Waals surface area contributed by atoms with Crippen molar-refractivity contribution in [3.05, 3.63) is 30.9 Å². The van der Waals surface area contributed by atoms with Crippen LogP contribution < -0.4 is 14.8 Å². The molecular formula is C17H20N6O3S. The molecular weight excluding hydrogens is 368 g/mol. The van der Waals surface area contributed by atoms with Gasteiger partial charge in [0.1, 0.15) is 17.6 Å². The van der Waals surface area contributed by atoms with Crippen molar-refractivity contribution in [1.82, 2.24) is 24.7 Å². The highest BCUT2D eigenvalue weighted by Crippen LogP contribution is 2.34. The van der Waals surface area contributed by atoms with Crippen LogP contribution in [0.25, 0.3) is 11.2 Å².